The second-order valence-electron chi connectivity index (χ2n) is 8.91. The van der Waals surface area contributed by atoms with E-state index in [0.717, 1.165) is 48.8 Å². The van der Waals surface area contributed by atoms with Gasteiger partial charge in [-0.15, -0.1) is 11.3 Å². The van der Waals surface area contributed by atoms with Gasteiger partial charge in [0.05, 0.1) is 0 Å². The lowest BCUT2D eigenvalue weighted by molar-refractivity contribution is -0.130. The molecule has 4 saturated carbocycles. The zero-order valence-corrected chi connectivity index (χ0v) is 15.1. The average Bonchev–Trinajstić information content (AvgIpc) is 3.15. The predicted molar refractivity (Wildman–Crippen MR) is 96.1 cm³/mol. The number of anilines is 1. The molecule has 4 bridgehead atoms. The summed E-state index contributed by atoms with van der Waals surface area (Å²) in [6, 6.07) is 0.301. The number of hydrogen-bond donors (Lipinski definition) is 1. The van der Waals surface area contributed by atoms with Gasteiger partial charge in [-0.05, 0) is 68.1 Å². The van der Waals surface area contributed by atoms with E-state index >= 15 is 0 Å². The maximum absolute atomic E-state index is 12.7. The summed E-state index contributed by atoms with van der Waals surface area (Å²) in [5.41, 5.74) is 0.354. The smallest absolute Gasteiger partial charge is 0.220 e. The van der Waals surface area contributed by atoms with E-state index in [1.807, 2.05) is 11.6 Å². The SMILES string of the molecule is O=C(CC12CC3CC(CC(C3)C1)C2)NC1CCN(c2nccs2)C1. The number of thiazole rings is 1. The minimum absolute atomic E-state index is 0.301. The van der Waals surface area contributed by atoms with Gasteiger partial charge >= 0.3 is 0 Å². The number of nitrogens with one attached hydrogen (secondary N) is 1. The molecule has 1 aliphatic heterocycles. The fraction of sp³-hybridized carbons (Fsp3) is 0.789. The second-order valence-corrected chi connectivity index (χ2v) is 9.78. The number of carbonyl (C=O) groups is 1. The third-order valence-electron chi connectivity index (χ3n) is 6.94. The Labute approximate surface area is 148 Å². The fourth-order valence-corrected chi connectivity index (χ4v) is 7.23. The molecule has 1 aromatic heterocycles. The Morgan fingerprint density at radius 3 is 2.58 bits per heavy atom. The molecule has 24 heavy (non-hydrogen) atoms. The molecule has 4 aliphatic carbocycles. The van der Waals surface area contributed by atoms with Gasteiger partial charge in [0.25, 0.3) is 0 Å². The molecule has 1 saturated heterocycles. The molecule has 0 aromatic carbocycles. The van der Waals surface area contributed by atoms with Gasteiger partial charge < -0.3 is 10.2 Å². The molecular weight excluding hydrogens is 318 g/mol. The van der Waals surface area contributed by atoms with Crippen LogP contribution in [0, 0.1) is 23.2 Å². The van der Waals surface area contributed by atoms with Crippen LogP contribution in [0.15, 0.2) is 11.6 Å². The second kappa shape index (κ2) is 5.72. The van der Waals surface area contributed by atoms with Crippen molar-refractivity contribution in [3.05, 3.63) is 11.6 Å². The Bertz CT molecular complexity index is 579. The predicted octanol–water partition coefficient (Wildman–Crippen LogP) is 3.44. The summed E-state index contributed by atoms with van der Waals surface area (Å²) in [7, 11) is 0. The molecule has 1 aromatic rings. The van der Waals surface area contributed by atoms with Gasteiger partial charge in [-0.25, -0.2) is 4.98 Å². The highest BCUT2D eigenvalue weighted by Crippen LogP contribution is 2.61. The van der Waals surface area contributed by atoms with Gasteiger partial charge in [0.1, 0.15) is 0 Å². The minimum atomic E-state index is 0.301. The molecule has 5 fully saturated rings. The van der Waals surface area contributed by atoms with E-state index in [0.29, 0.717) is 17.4 Å². The first-order valence-corrected chi connectivity index (χ1v) is 10.5. The van der Waals surface area contributed by atoms with Crippen LogP contribution in [0.4, 0.5) is 5.13 Å². The summed E-state index contributed by atoms with van der Waals surface area (Å²) in [6.07, 6.45) is 12.0. The summed E-state index contributed by atoms with van der Waals surface area (Å²) in [5.74, 6) is 3.09. The van der Waals surface area contributed by atoms with E-state index < -0.39 is 0 Å². The monoisotopic (exact) mass is 345 g/mol. The number of rotatable bonds is 4. The summed E-state index contributed by atoms with van der Waals surface area (Å²) in [5, 5.41) is 6.45. The molecule has 6 rings (SSSR count). The van der Waals surface area contributed by atoms with Gasteiger partial charge in [0.2, 0.25) is 5.91 Å². The lowest BCUT2D eigenvalue weighted by Gasteiger charge is -2.56. The summed E-state index contributed by atoms with van der Waals surface area (Å²) >= 11 is 1.69. The van der Waals surface area contributed by atoms with Crippen LogP contribution in [-0.4, -0.2) is 30.0 Å². The van der Waals surface area contributed by atoms with Crippen molar-refractivity contribution in [2.75, 3.05) is 18.0 Å². The number of nitrogens with zero attached hydrogens (tertiary/aromatic N) is 2. The van der Waals surface area contributed by atoms with Crippen molar-refractivity contribution < 1.29 is 4.79 Å². The quantitative estimate of drug-likeness (QED) is 0.909. The van der Waals surface area contributed by atoms with E-state index in [1.54, 1.807) is 11.3 Å². The number of carbonyl (C=O) groups excluding carboxylic acids is 1. The normalized spacial score (nSPS) is 40.2. The molecule has 4 nitrogen and oxygen atoms in total. The number of hydrogen-bond acceptors (Lipinski definition) is 4. The maximum atomic E-state index is 12.7. The van der Waals surface area contributed by atoms with Gasteiger partial charge in [-0.2, -0.15) is 0 Å². The molecule has 1 N–H and O–H groups in total. The maximum Gasteiger partial charge on any atom is 0.220 e. The van der Waals surface area contributed by atoms with E-state index in [4.69, 9.17) is 0 Å². The third kappa shape index (κ3) is 2.75. The van der Waals surface area contributed by atoms with Crippen LogP contribution in [0.25, 0.3) is 0 Å². The zero-order valence-electron chi connectivity index (χ0n) is 14.2. The minimum Gasteiger partial charge on any atom is -0.352 e. The molecule has 0 radical (unpaired) electrons. The van der Waals surface area contributed by atoms with Crippen LogP contribution in [0.3, 0.4) is 0 Å². The van der Waals surface area contributed by atoms with Crippen LogP contribution in [0.2, 0.25) is 0 Å². The van der Waals surface area contributed by atoms with Crippen molar-refractivity contribution in [2.45, 2.75) is 57.4 Å². The molecule has 0 spiro atoms. The largest absolute Gasteiger partial charge is 0.352 e. The van der Waals surface area contributed by atoms with Gasteiger partial charge in [0.15, 0.2) is 5.13 Å². The Balaban J connectivity index is 1.18. The molecule has 5 heteroatoms. The van der Waals surface area contributed by atoms with E-state index in [1.165, 1.54) is 38.5 Å². The van der Waals surface area contributed by atoms with Crippen LogP contribution in [0.1, 0.15) is 51.4 Å². The highest BCUT2D eigenvalue weighted by Gasteiger charge is 2.51. The zero-order chi connectivity index (χ0) is 16.1. The highest BCUT2D eigenvalue weighted by atomic mass is 32.1. The lowest BCUT2D eigenvalue weighted by Crippen LogP contribution is -2.49. The van der Waals surface area contributed by atoms with Crippen LogP contribution in [-0.2, 0) is 4.79 Å². The summed E-state index contributed by atoms with van der Waals surface area (Å²) in [6.45, 7) is 1.93. The summed E-state index contributed by atoms with van der Waals surface area (Å²) < 4.78 is 0. The summed E-state index contributed by atoms with van der Waals surface area (Å²) in [4.78, 5) is 19.4. The topological polar surface area (TPSA) is 45.2 Å². The van der Waals surface area contributed by atoms with Crippen molar-refractivity contribution >= 4 is 22.4 Å². The Morgan fingerprint density at radius 1 is 1.25 bits per heavy atom. The number of aromatic nitrogens is 1. The Kier molecular flexibility index (Phi) is 3.62. The van der Waals surface area contributed by atoms with E-state index in [2.05, 4.69) is 15.2 Å². The lowest BCUT2D eigenvalue weighted by atomic mass is 9.49. The highest BCUT2D eigenvalue weighted by molar-refractivity contribution is 7.13. The molecule has 130 valence electrons. The Hall–Kier alpha value is -1.10. The van der Waals surface area contributed by atoms with Crippen LogP contribution in [0.5, 0.6) is 0 Å². The van der Waals surface area contributed by atoms with Crippen molar-refractivity contribution in [2.24, 2.45) is 23.2 Å². The van der Waals surface area contributed by atoms with Crippen LogP contribution >= 0.6 is 11.3 Å². The van der Waals surface area contributed by atoms with Crippen molar-refractivity contribution in [3.63, 3.8) is 0 Å². The molecule has 1 unspecified atom stereocenters. The van der Waals surface area contributed by atoms with Crippen molar-refractivity contribution in [1.82, 2.24) is 10.3 Å². The van der Waals surface area contributed by atoms with E-state index in [-0.39, 0.29) is 0 Å². The molecule has 1 atom stereocenters. The van der Waals surface area contributed by atoms with E-state index in [9.17, 15) is 4.79 Å². The third-order valence-corrected chi connectivity index (χ3v) is 7.78. The van der Waals surface area contributed by atoms with Gasteiger partial charge in [-0.1, -0.05) is 0 Å². The first-order chi connectivity index (χ1) is 11.7. The van der Waals surface area contributed by atoms with Crippen molar-refractivity contribution in [3.8, 4) is 0 Å². The first kappa shape index (κ1) is 15.2. The molecule has 1 amide bonds. The molecular formula is C19H27N3OS. The average molecular weight is 346 g/mol. The van der Waals surface area contributed by atoms with Crippen molar-refractivity contribution in [1.29, 1.82) is 0 Å². The standard InChI is InChI=1S/C19H27N3OS/c23-17(21-16-1-3-22(12-16)18-20-2-4-24-18)11-19-8-13-5-14(9-19)7-15(6-13)10-19/h2,4,13-16H,1,3,5-12H2,(H,21,23). The number of amides is 1. The molecule has 2 heterocycles. The van der Waals surface area contributed by atoms with Gasteiger partial charge in [-0.3, -0.25) is 4.79 Å². The first-order valence-electron chi connectivity index (χ1n) is 9.61. The fourth-order valence-electron chi connectivity index (χ4n) is 6.55. The molecule has 5 aliphatic rings. The van der Waals surface area contributed by atoms with Gasteiger partial charge in [0, 0.05) is 37.1 Å². The van der Waals surface area contributed by atoms with Crippen LogP contribution < -0.4 is 10.2 Å². The Morgan fingerprint density at radius 2 is 1.96 bits per heavy atom.